The molecule has 2 nitrogen and oxygen atoms in total. The molecule has 92 valence electrons. The van der Waals surface area contributed by atoms with E-state index in [0.29, 0.717) is 0 Å². The quantitative estimate of drug-likeness (QED) is 0.718. The molecule has 1 saturated heterocycles. The Morgan fingerprint density at radius 3 is 2.75 bits per heavy atom. The lowest BCUT2D eigenvalue weighted by Gasteiger charge is -2.37. The van der Waals surface area contributed by atoms with Gasteiger partial charge in [-0.2, -0.15) is 0 Å². The van der Waals surface area contributed by atoms with Gasteiger partial charge in [-0.05, 0) is 63.5 Å². The van der Waals surface area contributed by atoms with Crippen LogP contribution in [-0.4, -0.2) is 37.1 Å². The number of hydrogen-bond donors (Lipinski definition) is 1. The van der Waals surface area contributed by atoms with Gasteiger partial charge in [0.25, 0.3) is 0 Å². The molecule has 2 atom stereocenters. The predicted molar refractivity (Wildman–Crippen MR) is 67.5 cm³/mol. The van der Waals surface area contributed by atoms with Crippen molar-refractivity contribution in [2.24, 2.45) is 11.8 Å². The maximum absolute atomic E-state index is 3.63. The third-order valence-corrected chi connectivity index (χ3v) is 4.81. The minimum absolute atomic E-state index is 0.955. The molecular formula is C14H26N2. The number of nitrogens with zero attached hydrogens (tertiary/aromatic N) is 1. The van der Waals surface area contributed by atoms with Crippen molar-refractivity contribution < 1.29 is 0 Å². The highest BCUT2D eigenvalue weighted by molar-refractivity contribution is 4.89. The molecule has 2 unspecified atom stereocenters. The van der Waals surface area contributed by atoms with Crippen LogP contribution < -0.4 is 5.32 Å². The van der Waals surface area contributed by atoms with Gasteiger partial charge < -0.3 is 5.32 Å². The van der Waals surface area contributed by atoms with Gasteiger partial charge in [-0.1, -0.05) is 6.42 Å². The summed E-state index contributed by atoms with van der Waals surface area (Å²) in [5, 5.41) is 3.63. The van der Waals surface area contributed by atoms with Gasteiger partial charge in [0.05, 0.1) is 0 Å². The zero-order valence-corrected chi connectivity index (χ0v) is 10.5. The summed E-state index contributed by atoms with van der Waals surface area (Å²) in [6.45, 7) is 5.17. The van der Waals surface area contributed by atoms with Crippen LogP contribution in [0.5, 0.6) is 0 Å². The highest BCUT2D eigenvalue weighted by atomic mass is 15.2. The zero-order chi connectivity index (χ0) is 10.8. The van der Waals surface area contributed by atoms with Crippen LogP contribution in [0.1, 0.15) is 44.9 Å². The van der Waals surface area contributed by atoms with Gasteiger partial charge in [0.15, 0.2) is 0 Å². The number of rotatable bonds is 5. The molecule has 0 aromatic rings. The van der Waals surface area contributed by atoms with E-state index in [4.69, 9.17) is 0 Å². The highest BCUT2D eigenvalue weighted by Crippen LogP contribution is 2.36. The van der Waals surface area contributed by atoms with E-state index in [1.807, 2.05) is 0 Å². The van der Waals surface area contributed by atoms with Crippen LogP contribution in [0.4, 0.5) is 0 Å². The Labute approximate surface area is 99.8 Å². The molecule has 0 aromatic heterocycles. The maximum atomic E-state index is 3.63. The van der Waals surface area contributed by atoms with Crippen LogP contribution >= 0.6 is 0 Å². The van der Waals surface area contributed by atoms with E-state index in [9.17, 15) is 0 Å². The molecule has 1 heterocycles. The first-order valence-electron chi connectivity index (χ1n) is 7.38. The smallest absolute Gasteiger partial charge is 0.0124 e. The Morgan fingerprint density at radius 1 is 1.00 bits per heavy atom. The molecule has 0 radical (unpaired) electrons. The van der Waals surface area contributed by atoms with E-state index >= 15 is 0 Å². The summed E-state index contributed by atoms with van der Waals surface area (Å²) in [6.07, 6.45) is 10.4. The van der Waals surface area contributed by atoms with E-state index in [0.717, 1.165) is 17.9 Å². The molecule has 0 bridgehead atoms. The summed E-state index contributed by atoms with van der Waals surface area (Å²) in [5.41, 5.74) is 0. The zero-order valence-electron chi connectivity index (χ0n) is 10.5. The molecule has 2 saturated carbocycles. The number of nitrogens with one attached hydrogen (secondary N) is 1. The van der Waals surface area contributed by atoms with Gasteiger partial charge in [-0.3, -0.25) is 4.90 Å². The summed E-state index contributed by atoms with van der Waals surface area (Å²) in [5.74, 6) is 2.08. The monoisotopic (exact) mass is 222 g/mol. The Morgan fingerprint density at radius 2 is 1.88 bits per heavy atom. The largest absolute Gasteiger partial charge is 0.315 e. The minimum atomic E-state index is 0.955. The number of hydrogen-bond acceptors (Lipinski definition) is 2. The fourth-order valence-electron chi connectivity index (χ4n) is 3.69. The first-order chi connectivity index (χ1) is 7.93. The van der Waals surface area contributed by atoms with Crippen LogP contribution in [0.25, 0.3) is 0 Å². The van der Waals surface area contributed by atoms with Crippen molar-refractivity contribution in [2.75, 3.05) is 26.2 Å². The lowest BCUT2D eigenvalue weighted by atomic mass is 9.92. The van der Waals surface area contributed by atoms with E-state index in [1.54, 1.807) is 0 Å². The second-order valence-corrected chi connectivity index (χ2v) is 6.08. The molecule has 0 aromatic carbocycles. The number of likely N-dealkylation sites (tertiary alicyclic amines) is 1. The lowest BCUT2D eigenvalue weighted by Crippen LogP contribution is -2.45. The summed E-state index contributed by atoms with van der Waals surface area (Å²) in [6, 6.07) is 0.955. The maximum Gasteiger partial charge on any atom is 0.0124 e. The molecule has 2 aliphatic carbocycles. The number of piperidine rings is 1. The molecule has 1 aliphatic heterocycles. The van der Waals surface area contributed by atoms with E-state index in [-0.39, 0.29) is 0 Å². The van der Waals surface area contributed by atoms with Gasteiger partial charge in [0, 0.05) is 19.1 Å². The second-order valence-electron chi connectivity index (χ2n) is 6.08. The molecule has 3 aliphatic rings. The third kappa shape index (κ3) is 2.60. The standard InChI is InChI=1S/C14H26N2/c1-3-13-4-2-9-16(14(13)5-1)10-8-15-11-12-6-7-12/h12-15H,1-11H2. The molecule has 3 rings (SSSR count). The normalized spacial score (nSPS) is 35.2. The fraction of sp³-hybridized carbons (Fsp3) is 1.00. The Hall–Kier alpha value is -0.0800. The Bertz CT molecular complexity index is 225. The Balaban J connectivity index is 1.38. The Kier molecular flexibility index (Phi) is 3.49. The molecule has 0 amide bonds. The summed E-state index contributed by atoms with van der Waals surface area (Å²) < 4.78 is 0. The fourth-order valence-corrected chi connectivity index (χ4v) is 3.69. The van der Waals surface area contributed by atoms with Crippen molar-refractivity contribution in [2.45, 2.75) is 51.0 Å². The summed E-state index contributed by atoms with van der Waals surface area (Å²) in [4.78, 5) is 2.78. The van der Waals surface area contributed by atoms with Gasteiger partial charge in [0.2, 0.25) is 0 Å². The molecule has 3 fully saturated rings. The van der Waals surface area contributed by atoms with Crippen LogP contribution in [0, 0.1) is 11.8 Å². The van der Waals surface area contributed by atoms with Crippen LogP contribution in [-0.2, 0) is 0 Å². The first-order valence-corrected chi connectivity index (χ1v) is 7.38. The van der Waals surface area contributed by atoms with Crippen LogP contribution in [0.15, 0.2) is 0 Å². The minimum Gasteiger partial charge on any atom is -0.315 e. The van der Waals surface area contributed by atoms with Gasteiger partial charge >= 0.3 is 0 Å². The average molecular weight is 222 g/mol. The SMILES string of the molecule is C1CC2CCCN(CCNCC3CC3)C2C1. The van der Waals surface area contributed by atoms with Crippen LogP contribution in [0.3, 0.4) is 0 Å². The molecular weight excluding hydrogens is 196 g/mol. The van der Waals surface area contributed by atoms with Crippen LogP contribution in [0.2, 0.25) is 0 Å². The molecule has 16 heavy (non-hydrogen) atoms. The van der Waals surface area contributed by atoms with Gasteiger partial charge in [-0.25, -0.2) is 0 Å². The van der Waals surface area contributed by atoms with E-state index in [2.05, 4.69) is 10.2 Å². The van der Waals surface area contributed by atoms with E-state index in [1.165, 1.54) is 71.1 Å². The first kappa shape index (κ1) is 11.0. The summed E-state index contributed by atoms with van der Waals surface area (Å²) >= 11 is 0. The van der Waals surface area contributed by atoms with Crippen molar-refractivity contribution >= 4 is 0 Å². The van der Waals surface area contributed by atoms with Crippen molar-refractivity contribution in [3.63, 3.8) is 0 Å². The lowest BCUT2D eigenvalue weighted by molar-refractivity contribution is 0.114. The van der Waals surface area contributed by atoms with Crippen molar-refractivity contribution in [3.05, 3.63) is 0 Å². The number of fused-ring (bicyclic) bond motifs is 1. The molecule has 1 N–H and O–H groups in total. The van der Waals surface area contributed by atoms with Gasteiger partial charge in [-0.15, -0.1) is 0 Å². The predicted octanol–water partition coefficient (Wildman–Crippen LogP) is 2.25. The van der Waals surface area contributed by atoms with Crippen molar-refractivity contribution in [1.29, 1.82) is 0 Å². The topological polar surface area (TPSA) is 15.3 Å². The van der Waals surface area contributed by atoms with E-state index < -0.39 is 0 Å². The van der Waals surface area contributed by atoms with Crippen molar-refractivity contribution in [1.82, 2.24) is 10.2 Å². The van der Waals surface area contributed by atoms with Crippen molar-refractivity contribution in [3.8, 4) is 0 Å². The highest BCUT2D eigenvalue weighted by Gasteiger charge is 2.34. The molecule has 2 heteroatoms. The average Bonchev–Trinajstić information content (AvgIpc) is 3.00. The molecule has 0 spiro atoms. The second kappa shape index (κ2) is 5.05. The third-order valence-electron chi connectivity index (χ3n) is 4.81. The van der Waals surface area contributed by atoms with Gasteiger partial charge in [0.1, 0.15) is 0 Å². The summed E-state index contributed by atoms with van der Waals surface area (Å²) in [7, 11) is 0.